The van der Waals surface area contributed by atoms with Crippen molar-refractivity contribution in [2.24, 2.45) is 0 Å². The molecule has 138 valence electrons. The highest BCUT2D eigenvalue weighted by molar-refractivity contribution is 6.07. The fourth-order valence-corrected chi connectivity index (χ4v) is 2.15. The molecule has 2 rings (SSSR count). The maximum atomic E-state index is 12.5. The van der Waals surface area contributed by atoms with Gasteiger partial charge >= 0.3 is 5.97 Å². The summed E-state index contributed by atoms with van der Waals surface area (Å²) in [5.74, 6) is -0.359. The number of carbonyl (C=O) groups is 2. The first-order valence-corrected chi connectivity index (χ1v) is 8.29. The fraction of sp³-hybridized carbons (Fsp3) is 0.333. The summed E-state index contributed by atoms with van der Waals surface area (Å²) in [5, 5.41) is 5.84. The maximum absolute atomic E-state index is 12.5. The zero-order valence-electron chi connectivity index (χ0n) is 15.2. The normalized spacial score (nSPS) is 10.5. The molecule has 0 radical (unpaired) electrons. The molecule has 0 bridgehead atoms. The summed E-state index contributed by atoms with van der Waals surface area (Å²) in [5.41, 5.74) is 0.865. The van der Waals surface area contributed by atoms with Crippen LogP contribution in [0.1, 0.15) is 27.8 Å². The predicted molar refractivity (Wildman–Crippen MR) is 99.4 cm³/mol. The van der Waals surface area contributed by atoms with Gasteiger partial charge in [0.15, 0.2) is 0 Å². The van der Waals surface area contributed by atoms with Crippen LogP contribution in [0.5, 0.6) is 0 Å². The van der Waals surface area contributed by atoms with Gasteiger partial charge in [0.2, 0.25) is 0 Å². The zero-order valence-corrected chi connectivity index (χ0v) is 15.2. The average Bonchev–Trinajstić information content (AvgIpc) is 2.62. The molecule has 0 saturated heterocycles. The molecule has 1 aromatic carbocycles. The summed E-state index contributed by atoms with van der Waals surface area (Å²) < 4.78 is 5.01. The van der Waals surface area contributed by atoms with Crippen LogP contribution in [0, 0.1) is 0 Å². The SMILES string of the molecule is CCOC(=O)c1ccccc1NC(=O)c1cc(NCCN(C)C)ncn1. The van der Waals surface area contributed by atoms with Gasteiger partial charge in [0, 0.05) is 19.2 Å². The lowest BCUT2D eigenvalue weighted by Gasteiger charge is -2.12. The Morgan fingerprint density at radius 2 is 1.96 bits per heavy atom. The van der Waals surface area contributed by atoms with Crippen LogP contribution in [-0.4, -0.2) is 60.5 Å². The van der Waals surface area contributed by atoms with E-state index >= 15 is 0 Å². The van der Waals surface area contributed by atoms with Crippen molar-refractivity contribution in [2.45, 2.75) is 6.92 Å². The molecule has 1 amide bonds. The molecule has 26 heavy (non-hydrogen) atoms. The number of rotatable bonds is 8. The Hall–Kier alpha value is -3.00. The number of carbonyl (C=O) groups excluding carboxylic acids is 2. The molecule has 2 N–H and O–H groups in total. The standard InChI is InChI=1S/C18H23N5O3/c1-4-26-18(25)13-7-5-6-8-14(13)22-17(24)15-11-16(21-12-20-15)19-9-10-23(2)3/h5-8,11-12H,4,9-10H2,1-3H3,(H,22,24)(H,19,20,21). The number of ether oxygens (including phenoxy) is 1. The molecule has 0 aliphatic heterocycles. The quantitative estimate of drug-likeness (QED) is 0.696. The van der Waals surface area contributed by atoms with Crippen LogP contribution < -0.4 is 10.6 Å². The lowest BCUT2D eigenvalue weighted by Crippen LogP contribution is -2.21. The van der Waals surface area contributed by atoms with Gasteiger partial charge in [-0.2, -0.15) is 0 Å². The first-order valence-electron chi connectivity index (χ1n) is 8.29. The van der Waals surface area contributed by atoms with Gasteiger partial charge in [-0.15, -0.1) is 0 Å². The van der Waals surface area contributed by atoms with Gasteiger partial charge in [0.1, 0.15) is 17.8 Å². The summed E-state index contributed by atoms with van der Waals surface area (Å²) in [7, 11) is 3.95. The number of aromatic nitrogens is 2. The van der Waals surface area contributed by atoms with Gasteiger partial charge in [-0.3, -0.25) is 4.79 Å². The van der Waals surface area contributed by atoms with Crippen LogP contribution in [-0.2, 0) is 4.74 Å². The minimum absolute atomic E-state index is 0.200. The van der Waals surface area contributed by atoms with E-state index in [4.69, 9.17) is 4.74 Å². The Morgan fingerprint density at radius 1 is 1.19 bits per heavy atom. The highest BCUT2D eigenvalue weighted by atomic mass is 16.5. The second-order valence-electron chi connectivity index (χ2n) is 5.74. The van der Waals surface area contributed by atoms with Crippen molar-refractivity contribution in [1.82, 2.24) is 14.9 Å². The van der Waals surface area contributed by atoms with Gasteiger partial charge in [-0.05, 0) is 33.2 Å². The van der Waals surface area contributed by atoms with Gasteiger partial charge < -0.3 is 20.3 Å². The van der Waals surface area contributed by atoms with Crippen molar-refractivity contribution in [3.63, 3.8) is 0 Å². The molecule has 0 aliphatic rings. The number of hydrogen-bond acceptors (Lipinski definition) is 7. The maximum Gasteiger partial charge on any atom is 0.340 e. The lowest BCUT2D eigenvalue weighted by molar-refractivity contribution is 0.0527. The van der Waals surface area contributed by atoms with Crippen molar-refractivity contribution in [2.75, 3.05) is 44.4 Å². The van der Waals surface area contributed by atoms with E-state index in [1.807, 2.05) is 19.0 Å². The Balaban J connectivity index is 2.10. The number of anilines is 2. The van der Waals surface area contributed by atoms with Crippen molar-refractivity contribution < 1.29 is 14.3 Å². The molecular formula is C18H23N5O3. The fourth-order valence-electron chi connectivity index (χ4n) is 2.15. The van der Waals surface area contributed by atoms with Gasteiger partial charge in [-0.25, -0.2) is 14.8 Å². The number of nitrogens with zero attached hydrogens (tertiary/aromatic N) is 3. The molecule has 0 saturated carbocycles. The monoisotopic (exact) mass is 357 g/mol. The Morgan fingerprint density at radius 3 is 2.69 bits per heavy atom. The van der Waals surface area contributed by atoms with Gasteiger partial charge in [0.25, 0.3) is 5.91 Å². The smallest absolute Gasteiger partial charge is 0.340 e. The third kappa shape index (κ3) is 5.52. The van der Waals surface area contributed by atoms with Crippen LogP contribution in [0.15, 0.2) is 36.7 Å². The Labute approximate surface area is 152 Å². The van der Waals surface area contributed by atoms with Crippen molar-refractivity contribution in [3.05, 3.63) is 47.9 Å². The zero-order chi connectivity index (χ0) is 18.9. The topological polar surface area (TPSA) is 96.4 Å². The van der Waals surface area contributed by atoms with Crippen LogP contribution in [0.3, 0.4) is 0 Å². The molecular weight excluding hydrogens is 334 g/mol. The van der Waals surface area contributed by atoms with E-state index in [1.54, 1.807) is 37.3 Å². The number of amides is 1. The Kier molecular flexibility index (Phi) is 7.04. The Bertz CT molecular complexity index is 764. The van der Waals surface area contributed by atoms with E-state index < -0.39 is 11.9 Å². The van der Waals surface area contributed by atoms with E-state index in [2.05, 4.69) is 20.6 Å². The highest BCUT2D eigenvalue weighted by Gasteiger charge is 2.16. The first-order chi connectivity index (χ1) is 12.5. The number of esters is 1. The van der Waals surface area contributed by atoms with E-state index in [0.29, 0.717) is 23.6 Å². The lowest BCUT2D eigenvalue weighted by atomic mass is 10.1. The number of likely N-dealkylation sites (N-methyl/N-ethyl adjacent to an activating group) is 1. The molecule has 8 heteroatoms. The minimum atomic E-state index is -0.489. The van der Waals surface area contributed by atoms with Gasteiger partial charge in [-0.1, -0.05) is 12.1 Å². The summed E-state index contributed by atoms with van der Waals surface area (Å²) >= 11 is 0. The van der Waals surface area contributed by atoms with E-state index in [1.165, 1.54) is 6.33 Å². The summed E-state index contributed by atoms with van der Waals surface area (Å²) in [6.45, 7) is 3.51. The molecule has 0 aliphatic carbocycles. The number of hydrogen-bond donors (Lipinski definition) is 2. The van der Waals surface area contributed by atoms with Crippen LogP contribution in [0.4, 0.5) is 11.5 Å². The molecule has 0 unspecified atom stereocenters. The second kappa shape index (κ2) is 9.47. The number of para-hydroxylation sites is 1. The highest BCUT2D eigenvalue weighted by Crippen LogP contribution is 2.17. The van der Waals surface area contributed by atoms with Crippen LogP contribution in [0.25, 0.3) is 0 Å². The number of benzene rings is 1. The van der Waals surface area contributed by atoms with Gasteiger partial charge in [0.05, 0.1) is 17.9 Å². The molecule has 0 atom stereocenters. The predicted octanol–water partition coefficient (Wildman–Crippen LogP) is 1.88. The molecule has 0 fully saturated rings. The van der Waals surface area contributed by atoms with E-state index in [-0.39, 0.29) is 12.3 Å². The number of nitrogens with one attached hydrogen (secondary N) is 2. The average molecular weight is 357 g/mol. The van der Waals surface area contributed by atoms with Crippen molar-refractivity contribution in [3.8, 4) is 0 Å². The van der Waals surface area contributed by atoms with Crippen LogP contribution >= 0.6 is 0 Å². The third-order valence-corrected chi connectivity index (χ3v) is 3.44. The summed E-state index contributed by atoms with van der Waals surface area (Å²) in [6.07, 6.45) is 1.32. The third-order valence-electron chi connectivity index (χ3n) is 3.44. The summed E-state index contributed by atoms with van der Waals surface area (Å²) in [4.78, 5) is 34.6. The molecule has 0 spiro atoms. The van der Waals surface area contributed by atoms with Crippen molar-refractivity contribution >= 4 is 23.4 Å². The molecule has 1 aromatic heterocycles. The second-order valence-corrected chi connectivity index (χ2v) is 5.74. The molecule has 1 heterocycles. The van der Waals surface area contributed by atoms with E-state index in [0.717, 1.165) is 6.54 Å². The van der Waals surface area contributed by atoms with Crippen molar-refractivity contribution in [1.29, 1.82) is 0 Å². The first kappa shape index (κ1) is 19.3. The molecule has 2 aromatic rings. The summed E-state index contributed by atoms with van der Waals surface area (Å²) in [6, 6.07) is 8.24. The van der Waals surface area contributed by atoms with Crippen LogP contribution in [0.2, 0.25) is 0 Å². The molecule has 8 nitrogen and oxygen atoms in total. The largest absolute Gasteiger partial charge is 0.462 e. The minimum Gasteiger partial charge on any atom is -0.462 e. The van der Waals surface area contributed by atoms with E-state index in [9.17, 15) is 9.59 Å².